The van der Waals surface area contributed by atoms with Crippen molar-refractivity contribution >= 4 is 5.91 Å². The number of hydrogen-bond donors (Lipinski definition) is 1. The van der Waals surface area contributed by atoms with Gasteiger partial charge in [-0.2, -0.15) is 0 Å². The molecule has 2 aliphatic heterocycles. The van der Waals surface area contributed by atoms with Crippen LogP contribution in [0.3, 0.4) is 0 Å². The lowest BCUT2D eigenvalue weighted by atomic mass is 9.96. The molecule has 7 nitrogen and oxygen atoms in total. The number of nitrogens with one attached hydrogen (secondary N) is 1. The van der Waals surface area contributed by atoms with Crippen molar-refractivity contribution in [2.24, 2.45) is 0 Å². The molecule has 29 heavy (non-hydrogen) atoms. The normalized spacial score (nSPS) is 19.9. The number of rotatable bonds is 5. The van der Waals surface area contributed by atoms with E-state index in [1.54, 1.807) is 20.1 Å². The van der Waals surface area contributed by atoms with Crippen molar-refractivity contribution in [3.8, 4) is 11.5 Å². The van der Waals surface area contributed by atoms with Crippen LogP contribution in [0.1, 0.15) is 42.8 Å². The molecular formula is C22H28N4O3. The summed E-state index contributed by atoms with van der Waals surface area (Å²) >= 11 is 0. The van der Waals surface area contributed by atoms with Crippen molar-refractivity contribution in [1.82, 2.24) is 20.2 Å². The maximum Gasteiger partial charge on any atom is 0.263 e. The maximum atomic E-state index is 13.0. The molecule has 1 amide bonds. The van der Waals surface area contributed by atoms with Crippen molar-refractivity contribution < 1.29 is 14.3 Å². The Morgan fingerprint density at radius 2 is 2.21 bits per heavy atom. The van der Waals surface area contributed by atoms with E-state index in [1.165, 1.54) is 5.56 Å². The Morgan fingerprint density at radius 3 is 3.07 bits per heavy atom. The SMILES string of the molecule is COc1cccc(O[C@H](C)C(=O)N2CCC[C@@H](c3ncc4c(n3)CCNC4)C2)c1. The summed E-state index contributed by atoms with van der Waals surface area (Å²) < 4.78 is 11.1. The molecule has 0 spiro atoms. The van der Waals surface area contributed by atoms with Gasteiger partial charge in [-0.15, -0.1) is 0 Å². The summed E-state index contributed by atoms with van der Waals surface area (Å²) in [7, 11) is 1.61. The minimum absolute atomic E-state index is 0.000296. The maximum absolute atomic E-state index is 13.0. The molecule has 1 aromatic carbocycles. The molecule has 1 aromatic heterocycles. The van der Waals surface area contributed by atoms with E-state index >= 15 is 0 Å². The first-order chi connectivity index (χ1) is 14.1. The van der Waals surface area contributed by atoms with Crippen molar-refractivity contribution in [1.29, 1.82) is 0 Å². The first-order valence-corrected chi connectivity index (χ1v) is 10.3. The van der Waals surface area contributed by atoms with Crippen molar-refractivity contribution in [2.45, 2.75) is 44.8 Å². The van der Waals surface area contributed by atoms with Crippen LogP contribution in [-0.4, -0.2) is 53.6 Å². The molecule has 0 bridgehead atoms. The Morgan fingerprint density at radius 1 is 1.34 bits per heavy atom. The van der Waals surface area contributed by atoms with Gasteiger partial charge in [-0.1, -0.05) is 6.07 Å². The molecule has 2 aromatic rings. The van der Waals surface area contributed by atoms with E-state index < -0.39 is 6.10 Å². The van der Waals surface area contributed by atoms with Gasteiger partial charge in [0, 0.05) is 62.0 Å². The molecular weight excluding hydrogens is 368 g/mol. The number of fused-ring (bicyclic) bond motifs is 1. The number of methoxy groups -OCH3 is 1. The van der Waals surface area contributed by atoms with Gasteiger partial charge in [0.25, 0.3) is 5.91 Å². The Bertz CT molecular complexity index is 873. The number of benzene rings is 1. The monoisotopic (exact) mass is 396 g/mol. The Kier molecular flexibility index (Phi) is 5.94. The number of nitrogens with zero attached hydrogens (tertiary/aromatic N) is 3. The fraction of sp³-hybridized carbons (Fsp3) is 0.500. The van der Waals surface area contributed by atoms with E-state index in [4.69, 9.17) is 14.5 Å². The predicted octanol–water partition coefficient (Wildman–Crippen LogP) is 2.30. The summed E-state index contributed by atoms with van der Waals surface area (Å²) in [5.41, 5.74) is 2.33. The quantitative estimate of drug-likeness (QED) is 0.836. The number of ether oxygens (including phenoxy) is 2. The van der Waals surface area contributed by atoms with Crippen LogP contribution in [0.2, 0.25) is 0 Å². The fourth-order valence-electron chi connectivity index (χ4n) is 4.02. The average molecular weight is 396 g/mol. The molecule has 2 atom stereocenters. The number of aromatic nitrogens is 2. The third kappa shape index (κ3) is 4.50. The lowest BCUT2D eigenvalue weighted by Gasteiger charge is -2.34. The van der Waals surface area contributed by atoms with E-state index in [2.05, 4.69) is 10.3 Å². The van der Waals surface area contributed by atoms with Crippen LogP contribution in [-0.2, 0) is 17.8 Å². The van der Waals surface area contributed by atoms with E-state index in [0.717, 1.165) is 50.4 Å². The summed E-state index contributed by atoms with van der Waals surface area (Å²) in [6.45, 7) is 4.98. The van der Waals surface area contributed by atoms with Crippen LogP contribution < -0.4 is 14.8 Å². The standard InChI is InChI=1S/C22H28N4O3/c1-15(29-19-7-3-6-18(11-19)28-2)22(27)26-10-4-5-16(14-26)21-24-13-17-12-23-9-8-20(17)25-21/h3,6-7,11,13,15-16,23H,4-5,8-10,12,14H2,1-2H3/t15-,16-/m1/s1. The van der Waals surface area contributed by atoms with Crippen molar-refractivity contribution in [2.75, 3.05) is 26.7 Å². The van der Waals surface area contributed by atoms with Gasteiger partial charge in [-0.3, -0.25) is 4.79 Å². The van der Waals surface area contributed by atoms with Crippen LogP contribution >= 0.6 is 0 Å². The molecule has 0 radical (unpaired) electrons. The van der Waals surface area contributed by atoms with Gasteiger partial charge >= 0.3 is 0 Å². The molecule has 2 aliphatic rings. The highest BCUT2D eigenvalue weighted by Crippen LogP contribution is 2.27. The molecule has 1 fully saturated rings. The summed E-state index contributed by atoms with van der Waals surface area (Å²) in [5, 5.41) is 3.35. The second kappa shape index (κ2) is 8.78. The van der Waals surface area contributed by atoms with Gasteiger partial charge < -0.3 is 19.7 Å². The molecule has 0 aliphatic carbocycles. The van der Waals surface area contributed by atoms with Crippen molar-refractivity contribution in [3.05, 3.63) is 47.5 Å². The van der Waals surface area contributed by atoms with Crippen LogP contribution in [0.4, 0.5) is 0 Å². The molecule has 1 saturated heterocycles. The zero-order valence-electron chi connectivity index (χ0n) is 17.1. The van der Waals surface area contributed by atoms with Gasteiger partial charge in [-0.05, 0) is 31.9 Å². The number of likely N-dealkylation sites (tertiary alicyclic amines) is 1. The van der Waals surface area contributed by atoms with Gasteiger partial charge in [-0.25, -0.2) is 9.97 Å². The molecule has 1 N–H and O–H groups in total. The molecule has 0 unspecified atom stereocenters. The largest absolute Gasteiger partial charge is 0.497 e. The summed E-state index contributed by atoms with van der Waals surface area (Å²) in [6, 6.07) is 7.33. The smallest absolute Gasteiger partial charge is 0.263 e. The summed E-state index contributed by atoms with van der Waals surface area (Å²) in [4.78, 5) is 24.3. The molecule has 3 heterocycles. The Balaban J connectivity index is 1.41. The minimum atomic E-state index is -0.559. The van der Waals surface area contributed by atoms with E-state index in [1.807, 2.05) is 29.3 Å². The highest BCUT2D eigenvalue weighted by molar-refractivity contribution is 5.81. The van der Waals surface area contributed by atoms with Gasteiger partial charge in [0.05, 0.1) is 7.11 Å². The Labute approximate surface area is 171 Å². The van der Waals surface area contributed by atoms with Crippen LogP contribution in [0.15, 0.2) is 30.5 Å². The van der Waals surface area contributed by atoms with Gasteiger partial charge in [0.15, 0.2) is 6.10 Å². The number of piperidine rings is 1. The number of carbonyl (C=O) groups excluding carboxylic acids is 1. The number of amides is 1. The van der Waals surface area contributed by atoms with Crippen LogP contribution in [0, 0.1) is 0 Å². The van der Waals surface area contributed by atoms with E-state index in [-0.39, 0.29) is 11.8 Å². The lowest BCUT2D eigenvalue weighted by Crippen LogP contribution is -2.45. The molecule has 0 saturated carbocycles. The third-order valence-electron chi connectivity index (χ3n) is 5.63. The van der Waals surface area contributed by atoms with Gasteiger partial charge in [0.1, 0.15) is 17.3 Å². The predicted molar refractivity (Wildman–Crippen MR) is 109 cm³/mol. The second-order valence-corrected chi connectivity index (χ2v) is 7.69. The van der Waals surface area contributed by atoms with E-state index in [0.29, 0.717) is 18.0 Å². The summed E-state index contributed by atoms with van der Waals surface area (Å²) in [6.07, 6.45) is 4.28. The molecule has 7 heteroatoms. The zero-order valence-corrected chi connectivity index (χ0v) is 17.1. The first kappa shape index (κ1) is 19.6. The van der Waals surface area contributed by atoms with Crippen LogP contribution in [0.25, 0.3) is 0 Å². The topological polar surface area (TPSA) is 76.6 Å². The highest BCUT2D eigenvalue weighted by Gasteiger charge is 2.30. The fourth-order valence-corrected chi connectivity index (χ4v) is 4.02. The van der Waals surface area contributed by atoms with Gasteiger partial charge in [0.2, 0.25) is 0 Å². The second-order valence-electron chi connectivity index (χ2n) is 7.69. The number of hydrogen-bond acceptors (Lipinski definition) is 6. The first-order valence-electron chi connectivity index (χ1n) is 10.3. The number of carbonyl (C=O) groups is 1. The molecule has 4 rings (SSSR count). The third-order valence-corrected chi connectivity index (χ3v) is 5.63. The lowest BCUT2D eigenvalue weighted by molar-refractivity contribution is -0.139. The summed E-state index contributed by atoms with van der Waals surface area (Å²) in [5.74, 6) is 2.38. The van der Waals surface area contributed by atoms with Crippen molar-refractivity contribution in [3.63, 3.8) is 0 Å². The minimum Gasteiger partial charge on any atom is -0.497 e. The zero-order chi connectivity index (χ0) is 20.2. The average Bonchev–Trinajstić information content (AvgIpc) is 2.78. The Hall–Kier alpha value is -2.67. The molecule has 154 valence electrons. The highest BCUT2D eigenvalue weighted by atomic mass is 16.5. The van der Waals surface area contributed by atoms with E-state index in [9.17, 15) is 4.79 Å². The van der Waals surface area contributed by atoms with Crippen LogP contribution in [0.5, 0.6) is 11.5 Å².